The van der Waals surface area contributed by atoms with Gasteiger partial charge in [-0.05, 0) is 0 Å². The smallest absolute Gasteiger partial charge is 0.225 e. The van der Waals surface area contributed by atoms with Crippen molar-refractivity contribution < 1.29 is 9.59 Å². The summed E-state index contributed by atoms with van der Waals surface area (Å²) in [6.45, 7) is 5.16. The maximum Gasteiger partial charge on any atom is 0.225 e. The number of hydrogen-bond acceptors (Lipinski definition) is 4. The van der Waals surface area contributed by atoms with Crippen LogP contribution in [0.25, 0.3) is 0 Å². The zero-order valence-electron chi connectivity index (χ0n) is 10.4. The van der Waals surface area contributed by atoms with Gasteiger partial charge < -0.3 is 9.80 Å². The lowest BCUT2D eigenvalue weighted by Gasteiger charge is -2.61. The van der Waals surface area contributed by atoms with Gasteiger partial charge in [0.25, 0.3) is 0 Å². The molecule has 4 saturated heterocycles. The third-order valence-electron chi connectivity index (χ3n) is 4.78. The molecule has 98 valence electrons. The normalized spacial score (nSPS) is 36.9. The monoisotopic (exact) mass is 250 g/mol. The molecule has 0 aromatic rings. The average molecular weight is 250 g/mol. The second-order valence-corrected chi connectivity index (χ2v) is 5.57. The first kappa shape index (κ1) is 10.8. The van der Waals surface area contributed by atoms with Crippen LogP contribution in [0.5, 0.6) is 0 Å². The van der Waals surface area contributed by atoms with Crippen molar-refractivity contribution in [3.8, 4) is 0 Å². The van der Waals surface area contributed by atoms with Gasteiger partial charge in [-0.1, -0.05) is 0 Å². The minimum atomic E-state index is 0.109. The van der Waals surface area contributed by atoms with E-state index in [-0.39, 0.29) is 24.1 Å². The zero-order chi connectivity index (χ0) is 12.3. The molecule has 2 amide bonds. The molecule has 6 heteroatoms. The van der Waals surface area contributed by atoms with Crippen molar-refractivity contribution in [3.63, 3.8) is 0 Å². The molecular formula is C12H18N4O2. The number of rotatable bonds is 0. The summed E-state index contributed by atoms with van der Waals surface area (Å²) in [5, 5.41) is 0. The molecule has 4 fully saturated rings. The van der Waals surface area contributed by atoms with Gasteiger partial charge in [-0.15, -0.1) is 0 Å². The molecule has 0 radical (unpaired) electrons. The maximum atomic E-state index is 12.0. The van der Waals surface area contributed by atoms with Crippen LogP contribution < -0.4 is 0 Å². The molecule has 6 nitrogen and oxygen atoms in total. The zero-order valence-corrected chi connectivity index (χ0v) is 10.4. The van der Waals surface area contributed by atoms with Crippen molar-refractivity contribution in [3.05, 3.63) is 0 Å². The summed E-state index contributed by atoms with van der Waals surface area (Å²) < 4.78 is 0. The van der Waals surface area contributed by atoms with Crippen LogP contribution in [0.3, 0.4) is 0 Å². The van der Waals surface area contributed by atoms with Crippen LogP contribution in [0.1, 0.15) is 12.8 Å². The van der Waals surface area contributed by atoms with Gasteiger partial charge in [0.05, 0.1) is 0 Å². The van der Waals surface area contributed by atoms with E-state index < -0.39 is 0 Å². The fraction of sp³-hybridized carbons (Fsp3) is 0.833. The van der Waals surface area contributed by atoms with E-state index in [4.69, 9.17) is 0 Å². The van der Waals surface area contributed by atoms with Crippen LogP contribution in [0, 0.1) is 0 Å². The number of piperazine rings is 2. The highest BCUT2D eigenvalue weighted by molar-refractivity contribution is 5.80. The molecule has 0 saturated carbocycles. The Labute approximate surface area is 106 Å². The Kier molecular flexibility index (Phi) is 2.20. The van der Waals surface area contributed by atoms with E-state index in [1.165, 1.54) is 0 Å². The van der Waals surface area contributed by atoms with Gasteiger partial charge in [0.1, 0.15) is 12.3 Å². The summed E-state index contributed by atoms with van der Waals surface area (Å²) in [4.78, 5) is 32.8. The van der Waals surface area contributed by atoms with Crippen molar-refractivity contribution >= 4 is 11.8 Å². The molecule has 0 N–H and O–H groups in total. The fourth-order valence-corrected chi connectivity index (χ4v) is 3.89. The molecule has 0 bridgehead atoms. The lowest BCUT2D eigenvalue weighted by Crippen LogP contribution is -2.78. The highest BCUT2D eigenvalue weighted by Gasteiger charge is 2.52. The second-order valence-electron chi connectivity index (χ2n) is 5.57. The van der Waals surface area contributed by atoms with Crippen LogP contribution in [0.4, 0.5) is 0 Å². The van der Waals surface area contributed by atoms with Crippen molar-refractivity contribution in [2.45, 2.75) is 25.2 Å². The van der Waals surface area contributed by atoms with Gasteiger partial charge in [0.2, 0.25) is 11.8 Å². The Hall–Kier alpha value is -1.14. The molecular weight excluding hydrogens is 232 g/mol. The molecule has 0 aromatic heterocycles. The SMILES string of the molecule is O=C1CCN2CCN3C(=O)CCN4CCN1[C@@H]2[C@@H]43. The van der Waals surface area contributed by atoms with Crippen molar-refractivity contribution in [1.29, 1.82) is 0 Å². The van der Waals surface area contributed by atoms with Gasteiger partial charge >= 0.3 is 0 Å². The Balaban J connectivity index is 1.72. The van der Waals surface area contributed by atoms with E-state index in [0.29, 0.717) is 12.8 Å². The minimum absolute atomic E-state index is 0.109. The number of amides is 2. The van der Waals surface area contributed by atoms with E-state index in [1.54, 1.807) is 0 Å². The Bertz CT molecular complexity index is 375. The molecule has 4 aliphatic rings. The van der Waals surface area contributed by atoms with E-state index in [0.717, 1.165) is 39.3 Å². The van der Waals surface area contributed by atoms with Gasteiger partial charge in [-0.3, -0.25) is 19.4 Å². The van der Waals surface area contributed by atoms with Gasteiger partial charge in [0.15, 0.2) is 0 Å². The predicted octanol–water partition coefficient (Wildman–Crippen LogP) is -1.27. The van der Waals surface area contributed by atoms with E-state index in [9.17, 15) is 9.59 Å². The number of carbonyl (C=O) groups excluding carboxylic acids is 2. The molecule has 0 unspecified atom stereocenters. The molecule has 4 heterocycles. The largest absolute Gasteiger partial charge is 0.322 e. The number of nitrogens with zero attached hydrogens (tertiary/aromatic N) is 4. The van der Waals surface area contributed by atoms with Crippen molar-refractivity contribution in [2.24, 2.45) is 0 Å². The Morgan fingerprint density at radius 2 is 1.11 bits per heavy atom. The number of carbonyl (C=O) groups is 2. The predicted molar refractivity (Wildman–Crippen MR) is 63.4 cm³/mol. The highest BCUT2D eigenvalue weighted by atomic mass is 16.2. The van der Waals surface area contributed by atoms with Crippen LogP contribution >= 0.6 is 0 Å². The Morgan fingerprint density at radius 3 is 1.56 bits per heavy atom. The molecule has 18 heavy (non-hydrogen) atoms. The number of hydrogen-bond donors (Lipinski definition) is 0. The van der Waals surface area contributed by atoms with Crippen LogP contribution in [0.2, 0.25) is 0 Å². The minimum Gasteiger partial charge on any atom is -0.322 e. The molecule has 4 aliphatic heterocycles. The van der Waals surface area contributed by atoms with Gasteiger partial charge in [-0.2, -0.15) is 0 Å². The summed E-state index contributed by atoms with van der Waals surface area (Å²) >= 11 is 0. The highest BCUT2D eigenvalue weighted by Crippen LogP contribution is 2.32. The van der Waals surface area contributed by atoms with Crippen molar-refractivity contribution in [1.82, 2.24) is 19.6 Å². The standard InChI is InChI=1S/C12H18N4O2/c17-9-1-3-13-5-8-16-10(18)2-4-14-6-7-15(9)11(13)12(14)16/h11-12H,1-8H2/t11-,12+. The molecule has 4 rings (SSSR count). The quantitative estimate of drug-likeness (QED) is 0.538. The van der Waals surface area contributed by atoms with Crippen molar-refractivity contribution in [2.75, 3.05) is 39.3 Å². The lowest BCUT2D eigenvalue weighted by molar-refractivity contribution is -0.196. The van der Waals surface area contributed by atoms with Gasteiger partial charge in [-0.25, -0.2) is 0 Å². The summed E-state index contributed by atoms with van der Waals surface area (Å²) in [5.41, 5.74) is 0. The molecule has 0 spiro atoms. The van der Waals surface area contributed by atoms with Crippen LogP contribution in [-0.4, -0.2) is 83.0 Å². The first-order valence-electron chi connectivity index (χ1n) is 6.83. The molecule has 0 aromatic carbocycles. The van der Waals surface area contributed by atoms with Crippen LogP contribution in [-0.2, 0) is 9.59 Å². The van der Waals surface area contributed by atoms with E-state index in [2.05, 4.69) is 9.80 Å². The summed E-state index contributed by atoms with van der Waals surface area (Å²) in [7, 11) is 0. The van der Waals surface area contributed by atoms with Gasteiger partial charge in [0, 0.05) is 52.1 Å². The van der Waals surface area contributed by atoms with Crippen LogP contribution in [0.15, 0.2) is 0 Å². The van der Waals surface area contributed by atoms with E-state index >= 15 is 0 Å². The fourth-order valence-electron chi connectivity index (χ4n) is 3.89. The lowest BCUT2D eigenvalue weighted by atomic mass is 10.0. The Morgan fingerprint density at radius 1 is 0.667 bits per heavy atom. The first-order chi connectivity index (χ1) is 8.75. The third-order valence-corrected chi connectivity index (χ3v) is 4.78. The maximum absolute atomic E-state index is 12.0. The third kappa shape index (κ3) is 1.30. The molecule has 2 atom stereocenters. The summed E-state index contributed by atoms with van der Waals surface area (Å²) in [6.07, 6.45) is 1.49. The molecule has 0 aliphatic carbocycles. The second kappa shape index (κ2) is 3.68. The first-order valence-corrected chi connectivity index (χ1v) is 6.83. The van der Waals surface area contributed by atoms with E-state index in [1.807, 2.05) is 9.80 Å². The summed E-state index contributed by atoms with van der Waals surface area (Å²) in [6, 6.07) is 0. The average Bonchev–Trinajstić information content (AvgIpc) is 2.40. The summed E-state index contributed by atoms with van der Waals surface area (Å²) in [5.74, 6) is 0.520. The topological polar surface area (TPSA) is 47.1 Å².